The van der Waals surface area contributed by atoms with Crippen LogP contribution in [0.3, 0.4) is 0 Å². The van der Waals surface area contributed by atoms with Gasteiger partial charge in [-0.2, -0.15) is 0 Å². The van der Waals surface area contributed by atoms with Gasteiger partial charge in [0.15, 0.2) is 5.78 Å². The van der Waals surface area contributed by atoms with Crippen molar-refractivity contribution in [2.24, 2.45) is 11.5 Å². The van der Waals surface area contributed by atoms with Crippen molar-refractivity contribution in [2.45, 2.75) is 58.8 Å². The number of carbonyl (C=O) groups excluding carboxylic acids is 1. The van der Waals surface area contributed by atoms with E-state index in [1.54, 1.807) is 44.3 Å². The Morgan fingerprint density at radius 2 is 0.762 bits per heavy atom. The highest BCUT2D eigenvalue weighted by Crippen LogP contribution is 2.26. The number of nitro benzene ring substituents is 3. The van der Waals surface area contributed by atoms with Gasteiger partial charge in [-0.1, -0.05) is 0 Å². The highest BCUT2D eigenvalue weighted by molar-refractivity contribution is 5.99. The standard InChI is InChI=1S/C9H13N3O2.C9H15N3.C8H11N3O2.C8H13N3.C8H8N2O3/c1-6(11-2)8-5-7(12(13)14)3-4-9(8)10;1-6(12-2)8-5-7(10)3-4-9(8)11;1-5(9)7-4-6(11(12)13)2-3-8(7)10;1-5(9)7-4-6(10)2-3-8(7)11;1-5(11)7-4-6(10(12)13)2-3-8(7)9/h3-6,11H,10H2,1-2H3;3-6,12H,10-11H2,1-2H3;2-5H,9-10H2,1H3;2-5H,9-11H2,1H3;2-4H,9H2,1H3. The van der Waals surface area contributed by atoms with Gasteiger partial charge in [0.05, 0.1) is 14.8 Å². The van der Waals surface area contributed by atoms with Gasteiger partial charge in [0.2, 0.25) is 0 Å². The van der Waals surface area contributed by atoms with Crippen LogP contribution in [0.15, 0.2) is 91.0 Å². The minimum Gasteiger partial charge on any atom is -0.399 e. The number of ketones is 1. The van der Waals surface area contributed by atoms with Crippen molar-refractivity contribution in [3.8, 4) is 0 Å². The summed E-state index contributed by atoms with van der Waals surface area (Å²) in [5.74, 6) is -0.277. The van der Waals surface area contributed by atoms with Gasteiger partial charge in [0, 0.05) is 106 Å². The van der Waals surface area contributed by atoms with Crippen LogP contribution in [0, 0.1) is 30.3 Å². The molecule has 0 fully saturated rings. The third kappa shape index (κ3) is 17.1. The van der Waals surface area contributed by atoms with Crippen molar-refractivity contribution in [1.29, 1.82) is 0 Å². The first-order valence-corrected chi connectivity index (χ1v) is 19.1. The fraction of sp³-hybridized carbons (Fsp3) is 0.262. The van der Waals surface area contributed by atoms with Gasteiger partial charge in [-0.25, -0.2) is 0 Å². The zero-order chi connectivity index (χ0) is 48.3. The number of nitrogen functional groups attached to an aromatic ring is 7. The molecule has 0 aliphatic rings. The number of anilines is 7. The van der Waals surface area contributed by atoms with Crippen molar-refractivity contribution < 1.29 is 19.6 Å². The molecule has 0 aromatic heterocycles. The van der Waals surface area contributed by atoms with E-state index >= 15 is 0 Å². The van der Waals surface area contributed by atoms with Crippen LogP contribution in [0.1, 0.15) is 91.4 Å². The largest absolute Gasteiger partial charge is 0.399 e. The molecule has 0 saturated heterocycles. The van der Waals surface area contributed by atoms with E-state index in [1.807, 2.05) is 40.0 Å². The molecule has 4 unspecified atom stereocenters. The molecule has 0 heterocycles. The smallest absolute Gasteiger partial charge is 0.270 e. The third-order valence-corrected chi connectivity index (χ3v) is 9.19. The summed E-state index contributed by atoms with van der Waals surface area (Å²) in [7, 11) is 3.68. The molecule has 0 aliphatic carbocycles. The number of rotatable bonds is 10. The Balaban J connectivity index is 0.000000395. The van der Waals surface area contributed by atoms with Crippen molar-refractivity contribution in [3.05, 3.63) is 149 Å². The van der Waals surface area contributed by atoms with Crippen LogP contribution in [-0.4, -0.2) is 34.6 Å². The fourth-order valence-electron chi connectivity index (χ4n) is 5.35. The zero-order valence-electron chi connectivity index (χ0n) is 36.4. The number of benzene rings is 5. The summed E-state index contributed by atoms with van der Waals surface area (Å²) >= 11 is 0. The number of carbonyl (C=O) groups is 1. The molecule has 21 heteroatoms. The summed E-state index contributed by atoms with van der Waals surface area (Å²) in [6.45, 7) is 8.87. The lowest BCUT2D eigenvalue weighted by Gasteiger charge is -2.13. The Labute approximate surface area is 365 Å². The summed E-state index contributed by atoms with van der Waals surface area (Å²) in [6, 6.07) is 23.3. The highest BCUT2D eigenvalue weighted by Gasteiger charge is 2.14. The Morgan fingerprint density at radius 1 is 0.476 bits per heavy atom. The van der Waals surface area contributed by atoms with Crippen molar-refractivity contribution in [3.63, 3.8) is 0 Å². The molecule has 21 nitrogen and oxygen atoms in total. The molecular formula is C42H60N14O7. The second-order valence-electron chi connectivity index (χ2n) is 14.1. The first-order chi connectivity index (χ1) is 29.4. The van der Waals surface area contributed by atoms with E-state index in [4.69, 9.17) is 51.6 Å². The molecule has 0 spiro atoms. The molecule has 0 amide bonds. The molecule has 5 aromatic carbocycles. The van der Waals surface area contributed by atoms with Crippen LogP contribution in [0.5, 0.6) is 0 Å². The highest BCUT2D eigenvalue weighted by atomic mass is 16.6. The lowest BCUT2D eigenvalue weighted by atomic mass is 10.1. The number of nitrogens with zero attached hydrogens (tertiary/aromatic N) is 3. The van der Waals surface area contributed by atoms with Crippen molar-refractivity contribution in [1.82, 2.24) is 10.6 Å². The van der Waals surface area contributed by atoms with Crippen LogP contribution in [0.25, 0.3) is 0 Å². The number of nitrogens with one attached hydrogen (secondary N) is 2. The predicted octanol–water partition coefficient (Wildman–Crippen LogP) is 6.04. The minimum absolute atomic E-state index is 0.00917. The molecule has 340 valence electrons. The van der Waals surface area contributed by atoms with Crippen LogP contribution < -0.4 is 62.2 Å². The molecule has 4 atom stereocenters. The summed E-state index contributed by atoms with van der Waals surface area (Å²) in [5.41, 5.74) is 58.3. The Hall–Kier alpha value is -7.59. The van der Waals surface area contributed by atoms with Gasteiger partial charge in [0.1, 0.15) is 0 Å². The molecule has 5 aromatic rings. The Morgan fingerprint density at radius 3 is 1.10 bits per heavy atom. The Bertz CT molecular complexity index is 2340. The third-order valence-electron chi connectivity index (χ3n) is 9.19. The van der Waals surface area contributed by atoms with E-state index in [-0.39, 0.29) is 58.3 Å². The molecular weight excluding hydrogens is 813 g/mol. The van der Waals surface area contributed by atoms with Gasteiger partial charge in [-0.15, -0.1) is 0 Å². The van der Waals surface area contributed by atoms with Crippen LogP contribution in [0.2, 0.25) is 0 Å². The van der Waals surface area contributed by atoms with Gasteiger partial charge in [-0.3, -0.25) is 35.1 Å². The summed E-state index contributed by atoms with van der Waals surface area (Å²) in [6.07, 6.45) is 0. The van der Waals surface area contributed by atoms with Gasteiger partial charge in [0.25, 0.3) is 17.1 Å². The number of hydrogen-bond donors (Lipinski definition) is 11. The second-order valence-corrected chi connectivity index (χ2v) is 14.1. The first-order valence-electron chi connectivity index (χ1n) is 19.1. The molecule has 63 heavy (non-hydrogen) atoms. The van der Waals surface area contributed by atoms with Gasteiger partial charge >= 0.3 is 0 Å². The zero-order valence-corrected chi connectivity index (χ0v) is 36.4. The summed E-state index contributed by atoms with van der Waals surface area (Å²) < 4.78 is 0. The number of non-ortho nitro benzene ring substituents is 3. The molecule has 20 N–H and O–H groups in total. The van der Waals surface area contributed by atoms with E-state index in [9.17, 15) is 35.1 Å². The topological polar surface area (TPSA) is 405 Å². The van der Waals surface area contributed by atoms with Crippen LogP contribution in [-0.2, 0) is 0 Å². The maximum Gasteiger partial charge on any atom is 0.270 e. The minimum atomic E-state index is -0.564. The summed E-state index contributed by atoms with van der Waals surface area (Å²) in [4.78, 5) is 40.8. The van der Waals surface area contributed by atoms with E-state index < -0.39 is 14.8 Å². The van der Waals surface area contributed by atoms with Crippen LogP contribution >= 0.6 is 0 Å². The van der Waals surface area contributed by atoms with Crippen molar-refractivity contribution in [2.75, 3.05) is 54.2 Å². The normalized spacial score (nSPS) is 12.0. The second kappa shape index (κ2) is 25.2. The van der Waals surface area contributed by atoms with Gasteiger partial charge in [-0.05, 0) is 126 Å². The lowest BCUT2D eigenvalue weighted by Crippen LogP contribution is -2.14. The monoisotopic (exact) mass is 872 g/mol. The van der Waals surface area contributed by atoms with E-state index in [0.29, 0.717) is 28.3 Å². The molecule has 0 bridgehead atoms. The molecule has 0 radical (unpaired) electrons. The van der Waals surface area contributed by atoms with Gasteiger partial charge < -0.3 is 62.2 Å². The molecule has 0 saturated carbocycles. The fourth-order valence-corrected chi connectivity index (χ4v) is 5.35. The van der Waals surface area contributed by atoms with E-state index in [1.165, 1.54) is 55.5 Å². The summed E-state index contributed by atoms with van der Waals surface area (Å²) in [5, 5.41) is 37.4. The number of nitrogens with two attached hydrogens (primary N) is 9. The number of nitro groups is 3. The van der Waals surface area contributed by atoms with E-state index in [2.05, 4.69) is 10.6 Å². The maximum absolute atomic E-state index is 10.9. The molecule has 5 rings (SSSR count). The Kier molecular flexibility index (Phi) is 21.4. The van der Waals surface area contributed by atoms with Crippen LogP contribution in [0.4, 0.5) is 56.9 Å². The predicted molar refractivity (Wildman–Crippen MR) is 253 cm³/mol. The quantitative estimate of drug-likeness (QED) is 0.0330. The lowest BCUT2D eigenvalue weighted by molar-refractivity contribution is -0.385. The SMILES string of the molecule is CC(=O)c1cc([N+](=O)[O-])ccc1N.CC(N)c1cc(N)ccc1N.CC(N)c1cc([N+](=O)[O-])ccc1N.CNC(C)c1cc(N)ccc1N.CNC(C)c1cc([N+](=O)[O-])ccc1N. The number of hydrogen-bond acceptors (Lipinski definition) is 18. The first kappa shape index (κ1) is 53.4. The number of Topliss-reactive ketones (excluding diaryl/α,β-unsaturated/α-hetero) is 1. The maximum atomic E-state index is 10.9. The van der Waals surface area contributed by atoms with Crippen molar-refractivity contribution >= 4 is 62.7 Å². The molecule has 0 aliphatic heterocycles. The average Bonchev–Trinajstić information content (AvgIpc) is 3.22. The van der Waals surface area contributed by atoms with E-state index in [0.717, 1.165) is 28.1 Å². The average molecular weight is 873 g/mol.